The minimum Gasteiger partial charge on any atom is -0.459 e. The average Bonchev–Trinajstić information content (AvgIpc) is 3.41. The summed E-state index contributed by atoms with van der Waals surface area (Å²) in [5.41, 5.74) is 3.64. The van der Waals surface area contributed by atoms with Crippen LogP contribution >= 0.6 is 0 Å². The zero-order valence-corrected chi connectivity index (χ0v) is 18.8. The van der Waals surface area contributed by atoms with Gasteiger partial charge in [-0.3, -0.25) is 4.79 Å². The van der Waals surface area contributed by atoms with Crippen molar-refractivity contribution in [1.29, 1.82) is 0 Å². The molecule has 0 aliphatic carbocycles. The predicted octanol–water partition coefficient (Wildman–Crippen LogP) is 5.93. The molecule has 4 aromatic rings. The van der Waals surface area contributed by atoms with Crippen molar-refractivity contribution in [3.05, 3.63) is 95.6 Å². The van der Waals surface area contributed by atoms with E-state index in [-0.39, 0.29) is 11.9 Å². The van der Waals surface area contributed by atoms with Gasteiger partial charge >= 0.3 is 0 Å². The van der Waals surface area contributed by atoms with Gasteiger partial charge in [0.05, 0.1) is 29.8 Å². The van der Waals surface area contributed by atoms with Crippen LogP contribution in [0.1, 0.15) is 41.2 Å². The van der Waals surface area contributed by atoms with Crippen LogP contribution in [-0.2, 0) is 6.54 Å². The van der Waals surface area contributed by atoms with Gasteiger partial charge in [0.1, 0.15) is 5.75 Å². The Bertz CT molecular complexity index is 1190. The minimum absolute atomic E-state index is 0.0427. The number of furan rings is 1. The molecule has 0 atom stereocenters. The first-order valence-electron chi connectivity index (χ1n) is 10.7. The minimum atomic E-state index is -0.168. The highest BCUT2D eigenvalue weighted by molar-refractivity contribution is 5.91. The lowest BCUT2D eigenvalue weighted by atomic mass is 10.2. The molecule has 164 valence electrons. The Morgan fingerprint density at radius 3 is 2.50 bits per heavy atom. The third-order valence-electron chi connectivity index (χ3n) is 5.29. The van der Waals surface area contributed by atoms with Crippen molar-refractivity contribution < 1.29 is 13.9 Å². The van der Waals surface area contributed by atoms with Crippen molar-refractivity contribution in [1.82, 2.24) is 14.7 Å². The van der Waals surface area contributed by atoms with Crippen LogP contribution in [-0.4, -0.2) is 26.6 Å². The Hall–Kier alpha value is -3.80. The second-order valence-corrected chi connectivity index (χ2v) is 8.04. The fraction of sp³-hybridized carbons (Fsp3) is 0.231. The van der Waals surface area contributed by atoms with Crippen molar-refractivity contribution in [2.75, 3.05) is 0 Å². The molecule has 0 aliphatic heterocycles. The summed E-state index contributed by atoms with van der Waals surface area (Å²) in [7, 11) is 0. The number of hydrogen-bond donors (Lipinski definition) is 0. The van der Waals surface area contributed by atoms with Gasteiger partial charge in [-0.15, -0.1) is 0 Å². The number of rotatable bonds is 7. The topological polar surface area (TPSA) is 60.5 Å². The second kappa shape index (κ2) is 9.14. The third-order valence-corrected chi connectivity index (χ3v) is 5.29. The highest BCUT2D eigenvalue weighted by Crippen LogP contribution is 2.32. The number of amides is 1. The standard InChI is InChI=1S/C26H27N3O3/c1-18(2)28(25(30)24-14-9-15-31-24)17-23-20(4)27-29(21-11-6-5-7-12-21)26(23)32-22-13-8-10-19(3)16-22/h5-16,18H,17H2,1-4H3. The molecule has 2 heterocycles. The van der Waals surface area contributed by atoms with Crippen molar-refractivity contribution in [3.8, 4) is 17.3 Å². The first kappa shape index (κ1) is 21.4. The molecule has 0 spiro atoms. The van der Waals surface area contributed by atoms with Crippen molar-refractivity contribution in [2.24, 2.45) is 0 Å². The smallest absolute Gasteiger partial charge is 0.290 e. The Morgan fingerprint density at radius 1 is 1.06 bits per heavy atom. The van der Waals surface area contributed by atoms with Gasteiger partial charge in [0.15, 0.2) is 5.76 Å². The largest absolute Gasteiger partial charge is 0.459 e. The Kier molecular flexibility index (Phi) is 6.12. The number of nitrogens with zero attached hydrogens (tertiary/aromatic N) is 3. The second-order valence-electron chi connectivity index (χ2n) is 8.04. The summed E-state index contributed by atoms with van der Waals surface area (Å²) in [6.07, 6.45) is 1.51. The number of aromatic nitrogens is 2. The molecular weight excluding hydrogens is 402 g/mol. The fourth-order valence-electron chi connectivity index (χ4n) is 3.56. The molecule has 0 saturated carbocycles. The lowest BCUT2D eigenvalue weighted by Gasteiger charge is -2.26. The molecule has 6 nitrogen and oxygen atoms in total. The molecule has 6 heteroatoms. The van der Waals surface area contributed by atoms with E-state index in [2.05, 4.69) is 0 Å². The summed E-state index contributed by atoms with van der Waals surface area (Å²) >= 11 is 0. The van der Waals surface area contributed by atoms with E-state index in [9.17, 15) is 4.79 Å². The first-order valence-corrected chi connectivity index (χ1v) is 10.7. The summed E-state index contributed by atoms with van der Waals surface area (Å²) in [6.45, 7) is 8.28. The van der Waals surface area contributed by atoms with E-state index < -0.39 is 0 Å². The van der Waals surface area contributed by atoms with Gasteiger partial charge in [-0.25, -0.2) is 4.68 Å². The SMILES string of the molecule is Cc1cccc(Oc2c(CN(C(=O)c3ccco3)C(C)C)c(C)nn2-c2ccccc2)c1. The maximum atomic E-state index is 13.1. The van der Waals surface area contributed by atoms with Gasteiger partial charge in [0.2, 0.25) is 5.88 Å². The molecule has 0 saturated heterocycles. The maximum absolute atomic E-state index is 13.1. The molecule has 4 rings (SSSR count). The molecular formula is C26H27N3O3. The van der Waals surface area contributed by atoms with Gasteiger partial charge in [-0.1, -0.05) is 30.3 Å². The monoisotopic (exact) mass is 429 g/mol. The van der Waals surface area contributed by atoms with Crippen molar-refractivity contribution in [3.63, 3.8) is 0 Å². The van der Waals surface area contributed by atoms with Crippen LogP contribution in [0, 0.1) is 13.8 Å². The predicted molar refractivity (Wildman–Crippen MR) is 123 cm³/mol. The fourth-order valence-corrected chi connectivity index (χ4v) is 3.56. The van der Waals surface area contributed by atoms with E-state index in [0.29, 0.717) is 18.2 Å². The summed E-state index contributed by atoms with van der Waals surface area (Å²) in [6, 6.07) is 21.1. The lowest BCUT2D eigenvalue weighted by Crippen LogP contribution is -2.36. The highest BCUT2D eigenvalue weighted by atomic mass is 16.5. The molecule has 0 N–H and O–H groups in total. The van der Waals surface area contributed by atoms with Crippen molar-refractivity contribution in [2.45, 2.75) is 40.3 Å². The van der Waals surface area contributed by atoms with Crippen molar-refractivity contribution >= 4 is 5.91 Å². The van der Waals surface area contributed by atoms with E-state index in [1.54, 1.807) is 21.7 Å². The molecule has 2 aromatic heterocycles. The van der Waals surface area contributed by atoms with E-state index >= 15 is 0 Å². The molecule has 0 bridgehead atoms. The van der Waals surface area contributed by atoms with Crippen LogP contribution in [0.4, 0.5) is 0 Å². The van der Waals surface area contributed by atoms with Gasteiger partial charge in [0.25, 0.3) is 5.91 Å². The summed E-state index contributed by atoms with van der Waals surface area (Å²) in [5.74, 6) is 1.46. The number of ether oxygens (including phenoxy) is 1. The highest BCUT2D eigenvalue weighted by Gasteiger charge is 2.27. The zero-order valence-electron chi connectivity index (χ0n) is 18.8. The molecule has 0 aliphatic rings. The van der Waals surface area contributed by atoms with Crippen LogP contribution in [0.3, 0.4) is 0 Å². The van der Waals surface area contributed by atoms with E-state index in [1.165, 1.54) is 6.26 Å². The third kappa shape index (κ3) is 4.44. The number of benzene rings is 2. The summed E-state index contributed by atoms with van der Waals surface area (Å²) in [5, 5.41) is 4.76. The van der Waals surface area contributed by atoms with E-state index in [1.807, 2.05) is 82.3 Å². The Labute approximate surface area is 188 Å². The number of carbonyl (C=O) groups is 1. The Morgan fingerprint density at radius 2 is 1.84 bits per heavy atom. The van der Waals surface area contributed by atoms with Crippen LogP contribution < -0.4 is 4.74 Å². The molecule has 0 fully saturated rings. The number of hydrogen-bond acceptors (Lipinski definition) is 4. The molecule has 0 unspecified atom stereocenters. The molecule has 32 heavy (non-hydrogen) atoms. The van der Waals surface area contributed by atoms with Gasteiger partial charge < -0.3 is 14.1 Å². The van der Waals surface area contributed by atoms with E-state index in [4.69, 9.17) is 14.3 Å². The van der Waals surface area contributed by atoms with Gasteiger partial charge in [-0.2, -0.15) is 5.10 Å². The molecule has 0 radical (unpaired) electrons. The maximum Gasteiger partial charge on any atom is 0.290 e. The van der Waals surface area contributed by atoms with Gasteiger partial charge in [0, 0.05) is 6.04 Å². The summed E-state index contributed by atoms with van der Waals surface area (Å²) in [4.78, 5) is 14.9. The number of aryl methyl sites for hydroxylation is 2. The van der Waals surface area contributed by atoms with Crippen LogP contribution in [0.25, 0.3) is 5.69 Å². The van der Waals surface area contributed by atoms with E-state index in [0.717, 1.165) is 28.3 Å². The zero-order chi connectivity index (χ0) is 22.7. The number of carbonyl (C=O) groups excluding carboxylic acids is 1. The normalized spacial score (nSPS) is 11.0. The van der Waals surface area contributed by atoms with Crippen LogP contribution in [0.5, 0.6) is 11.6 Å². The van der Waals surface area contributed by atoms with Gasteiger partial charge in [-0.05, 0) is 69.7 Å². The number of para-hydroxylation sites is 1. The molecule has 2 aromatic carbocycles. The quantitative estimate of drug-likeness (QED) is 0.366. The first-order chi connectivity index (χ1) is 15.4. The average molecular weight is 430 g/mol. The van der Waals surface area contributed by atoms with Crippen LogP contribution in [0.2, 0.25) is 0 Å². The van der Waals surface area contributed by atoms with Crippen LogP contribution in [0.15, 0.2) is 77.4 Å². The lowest BCUT2D eigenvalue weighted by molar-refractivity contribution is 0.0656. The summed E-state index contributed by atoms with van der Waals surface area (Å²) < 4.78 is 13.5. The molecule has 1 amide bonds. The Balaban J connectivity index is 1.78.